The van der Waals surface area contributed by atoms with Crippen LogP contribution in [0.5, 0.6) is 5.75 Å². The first-order chi connectivity index (χ1) is 9.95. The standard InChI is InChI=1S/C16H25ClN2O2S/c1-15(2,3)13(19-22(20)16(4,5)6)9-11-8-12(21-7)14(17)18-10-11/h8,10H,9H2,1-7H3. The van der Waals surface area contributed by atoms with E-state index in [0.29, 0.717) is 17.3 Å². The fourth-order valence-corrected chi connectivity index (χ4v) is 2.57. The van der Waals surface area contributed by atoms with E-state index in [4.69, 9.17) is 16.3 Å². The zero-order valence-corrected chi connectivity index (χ0v) is 15.9. The number of halogens is 1. The van der Waals surface area contributed by atoms with Crippen LogP contribution >= 0.6 is 11.6 Å². The number of hydrogen-bond acceptors (Lipinski definition) is 4. The van der Waals surface area contributed by atoms with Gasteiger partial charge in [-0.2, -0.15) is 0 Å². The fourth-order valence-electron chi connectivity index (χ4n) is 1.57. The van der Waals surface area contributed by atoms with Crippen LogP contribution < -0.4 is 4.74 Å². The molecule has 4 nitrogen and oxygen atoms in total. The zero-order valence-electron chi connectivity index (χ0n) is 14.4. The second-order valence-corrected chi connectivity index (χ2v) is 9.43. The third-order valence-corrected chi connectivity index (χ3v) is 4.76. The highest BCUT2D eigenvalue weighted by Crippen LogP contribution is 2.27. The first kappa shape index (κ1) is 19.3. The van der Waals surface area contributed by atoms with E-state index >= 15 is 0 Å². The highest BCUT2D eigenvalue weighted by atomic mass is 35.5. The SMILES string of the molecule is COc1cc(CC(=N[S+]([O-])C(C)(C)C)C(C)(C)C)cnc1Cl. The van der Waals surface area contributed by atoms with Crippen molar-refractivity contribution < 1.29 is 9.29 Å². The van der Waals surface area contributed by atoms with Crippen molar-refractivity contribution in [3.8, 4) is 5.75 Å². The predicted octanol–water partition coefficient (Wildman–Crippen LogP) is 4.24. The maximum absolute atomic E-state index is 12.4. The van der Waals surface area contributed by atoms with Gasteiger partial charge >= 0.3 is 0 Å². The summed E-state index contributed by atoms with van der Waals surface area (Å²) >= 11 is 4.66. The molecular weight excluding hydrogens is 320 g/mol. The summed E-state index contributed by atoms with van der Waals surface area (Å²) < 4.78 is 21.6. The van der Waals surface area contributed by atoms with Crippen molar-refractivity contribution in [1.82, 2.24) is 4.98 Å². The number of rotatable bonds is 4. The molecule has 0 N–H and O–H groups in total. The molecule has 1 aromatic rings. The maximum atomic E-state index is 12.4. The normalized spacial score (nSPS) is 14.9. The molecule has 0 saturated heterocycles. The van der Waals surface area contributed by atoms with Crippen LogP contribution in [0, 0.1) is 5.41 Å². The van der Waals surface area contributed by atoms with Crippen LogP contribution in [0.1, 0.15) is 47.1 Å². The summed E-state index contributed by atoms with van der Waals surface area (Å²) in [6.07, 6.45) is 2.26. The summed E-state index contributed by atoms with van der Waals surface area (Å²) in [6.45, 7) is 11.9. The van der Waals surface area contributed by atoms with Crippen molar-refractivity contribution in [2.24, 2.45) is 9.81 Å². The van der Waals surface area contributed by atoms with Crippen LogP contribution in [-0.2, 0) is 17.8 Å². The molecule has 1 unspecified atom stereocenters. The van der Waals surface area contributed by atoms with Gasteiger partial charge in [0, 0.05) is 18.0 Å². The van der Waals surface area contributed by atoms with E-state index in [9.17, 15) is 4.55 Å². The van der Waals surface area contributed by atoms with E-state index in [0.717, 1.165) is 11.3 Å². The fraction of sp³-hybridized carbons (Fsp3) is 0.625. The van der Waals surface area contributed by atoms with E-state index in [1.807, 2.05) is 26.8 Å². The largest absolute Gasteiger partial charge is 0.591 e. The lowest BCUT2D eigenvalue weighted by Crippen LogP contribution is -2.31. The Balaban J connectivity index is 3.13. The van der Waals surface area contributed by atoms with E-state index < -0.39 is 11.4 Å². The van der Waals surface area contributed by atoms with Crippen molar-refractivity contribution in [3.63, 3.8) is 0 Å². The summed E-state index contributed by atoms with van der Waals surface area (Å²) in [5, 5.41) is 0.332. The number of nitrogens with zero attached hydrogens (tertiary/aromatic N) is 2. The van der Waals surface area contributed by atoms with Gasteiger partial charge in [0.2, 0.25) is 0 Å². The second-order valence-electron chi connectivity index (χ2n) is 7.16. The summed E-state index contributed by atoms with van der Waals surface area (Å²) in [7, 11) is 1.56. The molecule has 1 atom stereocenters. The molecule has 0 aromatic carbocycles. The third kappa shape index (κ3) is 5.45. The first-order valence-corrected chi connectivity index (χ1v) is 8.62. The quantitative estimate of drug-likeness (QED) is 0.466. The summed E-state index contributed by atoms with van der Waals surface area (Å²) in [5.74, 6) is 0.532. The molecule has 0 aliphatic carbocycles. The number of aromatic nitrogens is 1. The van der Waals surface area contributed by atoms with Gasteiger partial charge < -0.3 is 9.29 Å². The van der Waals surface area contributed by atoms with Crippen LogP contribution in [0.2, 0.25) is 5.15 Å². The van der Waals surface area contributed by atoms with Gasteiger partial charge in [-0.05, 0) is 32.4 Å². The Bertz CT molecular complexity index is 548. The molecule has 1 rings (SSSR count). The van der Waals surface area contributed by atoms with E-state index in [1.54, 1.807) is 13.3 Å². The molecule has 124 valence electrons. The third-order valence-electron chi connectivity index (χ3n) is 3.04. The lowest BCUT2D eigenvalue weighted by Gasteiger charge is -2.24. The van der Waals surface area contributed by atoms with Crippen LogP contribution in [0.4, 0.5) is 0 Å². The first-order valence-electron chi connectivity index (χ1n) is 7.13. The zero-order chi connectivity index (χ0) is 17.1. The van der Waals surface area contributed by atoms with Crippen molar-refractivity contribution in [2.75, 3.05) is 7.11 Å². The minimum Gasteiger partial charge on any atom is -0.591 e. The smallest absolute Gasteiger partial charge is 0.171 e. The lowest BCUT2D eigenvalue weighted by atomic mass is 9.86. The predicted molar refractivity (Wildman–Crippen MR) is 94.3 cm³/mol. The average molecular weight is 345 g/mol. The minimum absolute atomic E-state index is 0.187. The summed E-state index contributed by atoms with van der Waals surface area (Å²) in [4.78, 5) is 4.12. The van der Waals surface area contributed by atoms with Gasteiger partial charge in [-0.15, -0.1) is 0 Å². The van der Waals surface area contributed by atoms with Crippen LogP contribution in [0.3, 0.4) is 0 Å². The second kappa shape index (κ2) is 7.20. The molecule has 0 radical (unpaired) electrons. The number of pyridine rings is 1. The van der Waals surface area contributed by atoms with Gasteiger partial charge in [0.25, 0.3) is 0 Å². The molecule has 6 heteroatoms. The van der Waals surface area contributed by atoms with Crippen molar-refractivity contribution in [2.45, 2.75) is 52.7 Å². The van der Waals surface area contributed by atoms with Gasteiger partial charge in [0.1, 0.15) is 16.1 Å². The van der Waals surface area contributed by atoms with E-state index in [2.05, 4.69) is 30.2 Å². The Morgan fingerprint density at radius 3 is 2.36 bits per heavy atom. The summed E-state index contributed by atoms with van der Waals surface area (Å²) in [6, 6.07) is 1.84. The van der Waals surface area contributed by atoms with Gasteiger partial charge in [-0.25, -0.2) is 4.98 Å². The molecule has 0 aliphatic rings. The van der Waals surface area contributed by atoms with E-state index in [-0.39, 0.29) is 10.2 Å². The molecule has 0 spiro atoms. The van der Waals surface area contributed by atoms with Crippen molar-refractivity contribution in [3.05, 3.63) is 23.0 Å². The van der Waals surface area contributed by atoms with Crippen molar-refractivity contribution in [1.29, 1.82) is 0 Å². The number of methoxy groups -OCH3 is 1. The number of hydrogen-bond donors (Lipinski definition) is 0. The van der Waals surface area contributed by atoms with Gasteiger partial charge in [0.15, 0.2) is 10.9 Å². The summed E-state index contributed by atoms with van der Waals surface area (Å²) in [5.41, 5.74) is 1.61. The Labute approximate surface area is 141 Å². The molecule has 0 saturated carbocycles. The molecule has 0 fully saturated rings. The Hall–Kier alpha value is -0.780. The molecule has 0 bridgehead atoms. The Morgan fingerprint density at radius 1 is 1.32 bits per heavy atom. The van der Waals surface area contributed by atoms with Crippen LogP contribution in [-0.4, -0.2) is 27.1 Å². The number of ether oxygens (including phenoxy) is 1. The van der Waals surface area contributed by atoms with Gasteiger partial charge in [-0.3, -0.25) is 0 Å². The van der Waals surface area contributed by atoms with Crippen molar-refractivity contribution >= 4 is 28.7 Å². The molecule has 1 aromatic heterocycles. The minimum atomic E-state index is -1.29. The Kier molecular flexibility index (Phi) is 6.30. The maximum Gasteiger partial charge on any atom is 0.171 e. The van der Waals surface area contributed by atoms with Crippen LogP contribution in [0.25, 0.3) is 0 Å². The van der Waals surface area contributed by atoms with Gasteiger partial charge in [-0.1, -0.05) is 36.8 Å². The molecule has 22 heavy (non-hydrogen) atoms. The molecule has 0 aliphatic heterocycles. The monoisotopic (exact) mass is 344 g/mol. The van der Waals surface area contributed by atoms with Crippen LogP contribution in [0.15, 0.2) is 16.7 Å². The Morgan fingerprint density at radius 2 is 1.91 bits per heavy atom. The lowest BCUT2D eigenvalue weighted by molar-refractivity contribution is 0.412. The molecule has 1 heterocycles. The highest BCUT2D eigenvalue weighted by molar-refractivity contribution is 7.91. The van der Waals surface area contributed by atoms with Gasteiger partial charge in [0.05, 0.1) is 12.8 Å². The molecular formula is C16H25ClN2O2S. The van der Waals surface area contributed by atoms with E-state index in [1.165, 1.54) is 0 Å². The topological polar surface area (TPSA) is 57.5 Å². The molecule has 0 amide bonds. The average Bonchev–Trinajstić information content (AvgIpc) is 2.37. The highest BCUT2D eigenvalue weighted by Gasteiger charge is 2.30.